The van der Waals surface area contributed by atoms with Crippen molar-refractivity contribution in [3.63, 3.8) is 0 Å². The van der Waals surface area contributed by atoms with Crippen molar-refractivity contribution < 1.29 is 103 Å². The zero-order chi connectivity index (χ0) is 42.9. The lowest BCUT2D eigenvalue weighted by Crippen LogP contribution is -2.64. The quantitative estimate of drug-likeness (QED) is 0.0351. The van der Waals surface area contributed by atoms with Crippen molar-refractivity contribution in [1.29, 1.82) is 0 Å². The van der Waals surface area contributed by atoms with Crippen LogP contribution in [0.1, 0.15) is 20.3 Å². The number of carbonyl (C=O) groups excluding carboxylic acids is 2. The fraction of sp³-hybridized carbons (Fsp3) is 0.939. The molecule has 0 aromatic carbocycles. The number of amides is 1. The van der Waals surface area contributed by atoms with Crippen LogP contribution in [0.15, 0.2) is 0 Å². The number of halogens is 3. The van der Waals surface area contributed by atoms with Gasteiger partial charge in [0, 0.05) is 19.1 Å². The second kappa shape index (κ2) is 23.0. The topological polar surface area (TPSA) is 321 Å². The predicted molar refractivity (Wildman–Crippen MR) is 192 cm³/mol. The molecule has 4 rings (SSSR count). The minimum absolute atomic E-state index is 0.0161. The van der Waals surface area contributed by atoms with Crippen molar-refractivity contribution in [2.24, 2.45) is 5.92 Å². The Kier molecular flexibility index (Phi) is 19.7. The van der Waals surface area contributed by atoms with E-state index in [0.29, 0.717) is 0 Å². The Bertz CT molecular complexity index is 1270. The first kappa shape index (κ1) is 49.7. The molecule has 0 aromatic heterocycles. The monoisotopic (exact) mass is 905 g/mol. The highest BCUT2D eigenvalue weighted by Crippen LogP contribution is 2.35. The van der Waals surface area contributed by atoms with E-state index in [2.05, 4.69) is 5.32 Å². The molecular formula is C33H54Cl3NO21. The average molecular weight is 907 g/mol. The average Bonchev–Trinajstić information content (AvgIpc) is 3.18. The molecule has 0 bridgehead atoms. The fourth-order valence-electron chi connectivity index (χ4n) is 6.61. The summed E-state index contributed by atoms with van der Waals surface area (Å²) in [6, 6.07) is 0. The summed E-state index contributed by atoms with van der Waals surface area (Å²) in [7, 11) is 0. The number of hydrogen-bond donors (Lipinski definition) is 10. The maximum absolute atomic E-state index is 12.7. The van der Waals surface area contributed by atoms with Gasteiger partial charge >= 0.3 is 5.97 Å². The lowest BCUT2D eigenvalue weighted by atomic mass is 9.90. The van der Waals surface area contributed by atoms with E-state index in [1.54, 1.807) is 6.92 Å². The third-order valence-corrected chi connectivity index (χ3v) is 10.3. The molecule has 1 amide bonds. The molecule has 4 aliphatic rings. The minimum Gasteiger partial charge on any atom is -0.459 e. The molecule has 22 nitrogen and oxygen atoms in total. The molecule has 58 heavy (non-hydrogen) atoms. The molecule has 0 aliphatic carbocycles. The van der Waals surface area contributed by atoms with Crippen molar-refractivity contribution >= 4 is 46.7 Å². The molecule has 18 unspecified atom stereocenters. The van der Waals surface area contributed by atoms with Crippen molar-refractivity contribution in [3.05, 3.63) is 0 Å². The number of aliphatic hydroxyl groups excluding tert-OH is 9. The zero-order valence-electron chi connectivity index (χ0n) is 31.5. The van der Waals surface area contributed by atoms with Gasteiger partial charge in [-0.25, -0.2) is 4.79 Å². The summed E-state index contributed by atoms with van der Waals surface area (Å²) in [5.41, 5.74) is 0. The molecule has 0 spiro atoms. The normalized spacial score (nSPS) is 41.2. The Labute approximate surface area is 347 Å². The molecule has 338 valence electrons. The number of esters is 1. The Hall–Kier alpha value is -0.910. The van der Waals surface area contributed by atoms with Crippen LogP contribution in [-0.4, -0.2) is 225 Å². The summed E-state index contributed by atoms with van der Waals surface area (Å²) in [5.74, 6) is -2.16. The number of aliphatic hydroxyl groups is 9. The molecule has 0 aromatic rings. The van der Waals surface area contributed by atoms with E-state index >= 15 is 0 Å². The third kappa shape index (κ3) is 13.5. The van der Waals surface area contributed by atoms with Gasteiger partial charge in [-0.2, -0.15) is 0 Å². The van der Waals surface area contributed by atoms with Crippen LogP contribution in [0.25, 0.3) is 0 Å². The minimum atomic E-state index is -1.80. The standard InChI is InChI=1S/C33H54Cl3NO21/c1-13-17(8-38)55-32(27(48)28(13)57-31-26(47)24(45)22(43)18(9-39)56-31)54-15-3-4-51-16(29(15)58-30-25(46)23(44)21(42)14(2)53-30)7-37-19(40)10-49-5-6-50-11-20(41)52-12-33(34,35)36/h13-18,21-32,38-39,42-48H,3-12H2,1-2H3,(H,37,40). The van der Waals surface area contributed by atoms with Gasteiger partial charge in [-0.3, -0.25) is 4.79 Å². The number of carbonyl (C=O) groups is 2. The van der Waals surface area contributed by atoms with Crippen LogP contribution in [0.2, 0.25) is 0 Å². The highest BCUT2D eigenvalue weighted by atomic mass is 35.6. The van der Waals surface area contributed by atoms with Gasteiger partial charge in [0.2, 0.25) is 9.70 Å². The van der Waals surface area contributed by atoms with E-state index in [0.717, 1.165) is 0 Å². The van der Waals surface area contributed by atoms with Crippen molar-refractivity contribution in [3.8, 4) is 0 Å². The number of nitrogens with one attached hydrogen (secondary N) is 1. The Morgan fingerprint density at radius 1 is 0.690 bits per heavy atom. The number of alkyl halides is 3. The highest BCUT2D eigenvalue weighted by molar-refractivity contribution is 6.67. The van der Waals surface area contributed by atoms with Gasteiger partial charge in [-0.1, -0.05) is 41.7 Å². The summed E-state index contributed by atoms with van der Waals surface area (Å²) < 4.78 is 54.6. The van der Waals surface area contributed by atoms with Crippen LogP contribution in [0.3, 0.4) is 0 Å². The van der Waals surface area contributed by atoms with Crippen LogP contribution in [0.5, 0.6) is 0 Å². The van der Waals surface area contributed by atoms with Gasteiger partial charge in [-0.05, 0) is 13.3 Å². The predicted octanol–water partition coefficient (Wildman–Crippen LogP) is -4.66. The van der Waals surface area contributed by atoms with Crippen LogP contribution in [0.4, 0.5) is 0 Å². The first-order valence-electron chi connectivity index (χ1n) is 18.5. The van der Waals surface area contributed by atoms with Gasteiger partial charge in [0.1, 0.15) is 80.9 Å². The SMILES string of the molecule is CC1OC(OC2C(CNC(=O)COCCOCC(=O)OCC(Cl)(Cl)Cl)OCCC2OC2OC(CO)C(C)C(OC3OC(CO)C(O)C(O)C3O)C2O)C(O)C(O)C1O. The molecule has 25 heteroatoms. The Balaban J connectivity index is 1.41. The molecule has 4 aliphatic heterocycles. The highest BCUT2D eigenvalue weighted by Gasteiger charge is 2.52. The molecule has 0 saturated carbocycles. The fourth-order valence-corrected chi connectivity index (χ4v) is 6.77. The Morgan fingerprint density at radius 2 is 1.26 bits per heavy atom. The zero-order valence-corrected chi connectivity index (χ0v) is 33.8. The van der Waals surface area contributed by atoms with E-state index in [9.17, 15) is 55.5 Å². The first-order valence-corrected chi connectivity index (χ1v) is 19.7. The van der Waals surface area contributed by atoms with Gasteiger partial charge < -0.3 is 98.6 Å². The number of ether oxygens (including phenoxy) is 10. The third-order valence-electron chi connectivity index (χ3n) is 9.95. The molecule has 4 heterocycles. The van der Waals surface area contributed by atoms with Crippen LogP contribution in [-0.2, 0) is 57.0 Å². The summed E-state index contributed by atoms with van der Waals surface area (Å²) in [5, 5.41) is 96.5. The van der Waals surface area contributed by atoms with Crippen molar-refractivity contribution in [1.82, 2.24) is 5.32 Å². The second-order valence-electron chi connectivity index (χ2n) is 14.2. The van der Waals surface area contributed by atoms with Gasteiger partial charge in [0.25, 0.3) is 0 Å². The molecular weight excluding hydrogens is 853 g/mol. The van der Waals surface area contributed by atoms with E-state index in [-0.39, 0.29) is 32.8 Å². The molecule has 0 radical (unpaired) electrons. The smallest absolute Gasteiger partial charge is 0.332 e. The van der Waals surface area contributed by atoms with Gasteiger partial charge in [-0.15, -0.1) is 0 Å². The lowest BCUT2D eigenvalue weighted by molar-refractivity contribution is -0.369. The number of rotatable bonds is 18. The largest absolute Gasteiger partial charge is 0.459 e. The summed E-state index contributed by atoms with van der Waals surface area (Å²) in [6.07, 6.45) is -24.4. The summed E-state index contributed by atoms with van der Waals surface area (Å²) >= 11 is 16.6. The summed E-state index contributed by atoms with van der Waals surface area (Å²) in [4.78, 5) is 24.4. The summed E-state index contributed by atoms with van der Waals surface area (Å²) in [6.45, 7) is -0.0448. The van der Waals surface area contributed by atoms with E-state index in [4.69, 9.17) is 82.2 Å². The first-order chi connectivity index (χ1) is 27.4. The molecule has 4 fully saturated rings. The molecule has 18 atom stereocenters. The van der Waals surface area contributed by atoms with Crippen LogP contribution < -0.4 is 5.32 Å². The van der Waals surface area contributed by atoms with E-state index in [1.165, 1.54) is 6.92 Å². The van der Waals surface area contributed by atoms with Gasteiger partial charge in [0.15, 0.2) is 18.9 Å². The lowest BCUT2D eigenvalue weighted by Gasteiger charge is -2.48. The second-order valence-corrected chi connectivity index (χ2v) is 16.7. The number of hydrogen-bond acceptors (Lipinski definition) is 21. The van der Waals surface area contributed by atoms with Crippen molar-refractivity contribution in [2.45, 2.75) is 128 Å². The van der Waals surface area contributed by atoms with E-state index in [1.807, 2.05) is 0 Å². The van der Waals surface area contributed by atoms with Crippen LogP contribution in [0, 0.1) is 5.92 Å². The van der Waals surface area contributed by atoms with Crippen LogP contribution >= 0.6 is 34.8 Å². The molecule has 4 saturated heterocycles. The Morgan fingerprint density at radius 3 is 1.90 bits per heavy atom. The van der Waals surface area contributed by atoms with E-state index < -0.39 is 159 Å². The maximum atomic E-state index is 12.7. The van der Waals surface area contributed by atoms with Gasteiger partial charge in [0.05, 0.1) is 50.8 Å². The van der Waals surface area contributed by atoms with Crippen molar-refractivity contribution in [2.75, 3.05) is 59.4 Å². The molecule has 10 N–H and O–H groups in total. The maximum Gasteiger partial charge on any atom is 0.332 e.